The number of benzene rings is 1. The van der Waals surface area contributed by atoms with Gasteiger partial charge in [-0.2, -0.15) is 15.0 Å². The number of aryl methyl sites for hydroxylation is 1. The summed E-state index contributed by atoms with van der Waals surface area (Å²) in [6, 6.07) is 8.15. The summed E-state index contributed by atoms with van der Waals surface area (Å²) in [5.74, 6) is 0.877. The third-order valence-corrected chi connectivity index (χ3v) is 3.45. The van der Waals surface area contributed by atoms with Crippen LogP contribution in [-0.4, -0.2) is 27.0 Å². The van der Waals surface area contributed by atoms with Gasteiger partial charge in [0.15, 0.2) is 0 Å². The fraction of sp³-hybridized carbons (Fsp3) is 0.375. The second-order valence-electron chi connectivity index (χ2n) is 4.96. The minimum atomic E-state index is 0.746. The molecule has 0 fully saturated rings. The molecular weight excluding hydrogens is 264 g/mol. The van der Waals surface area contributed by atoms with E-state index in [4.69, 9.17) is 4.74 Å². The first-order valence-electron chi connectivity index (χ1n) is 6.98. The van der Waals surface area contributed by atoms with Crippen molar-refractivity contribution in [3.05, 3.63) is 53.5 Å². The molecule has 2 rings (SSSR count). The number of allylic oxidation sites excluding steroid dienone is 2. The lowest BCUT2D eigenvalue weighted by Gasteiger charge is -2.24. The number of rotatable bonds is 6. The van der Waals surface area contributed by atoms with Gasteiger partial charge in [-0.1, -0.05) is 18.2 Å². The molecule has 0 bridgehead atoms. The summed E-state index contributed by atoms with van der Waals surface area (Å²) in [7, 11) is 3.51. The van der Waals surface area contributed by atoms with Crippen LogP contribution in [0.2, 0.25) is 0 Å². The Morgan fingerprint density at radius 1 is 1.29 bits per heavy atom. The van der Waals surface area contributed by atoms with Crippen LogP contribution in [-0.2, 0) is 20.1 Å². The number of nitrogens with zero attached hydrogens (tertiary/aromatic N) is 4. The first-order valence-corrected chi connectivity index (χ1v) is 6.98. The van der Waals surface area contributed by atoms with Crippen molar-refractivity contribution in [3.8, 4) is 5.75 Å². The number of aromatic nitrogens is 3. The molecule has 1 heterocycles. The fourth-order valence-electron chi connectivity index (χ4n) is 2.09. The Balaban J connectivity index is 2.12. The topological polar surface area (TPSA) is 43.2 Å². The molecule has 0 N–H and O–H groups in total. The van der Waals surface area contributed by atoms with E-state index >= 15 is 0 Å². The molecule has 5 nitrogen and oxygen atoms in total. The van der Waals surface area contributed by atoms with Crippen molar-refractivity contribution < 1.29 is 4.74 Å². The summed E-state index contributed by atoms with van der Waals surface area (Å²) in [5, 5.41) is 8.48. The highest BCUT2D eigenvalue weighted by molar-refractivity contribution is 5.27. The lowest BCUT2D eigenvalue weighted by atomic mass is 10.2. The van der Waals surface area contributed by atoms with Crippen LogP contribution in [0.5, 0.6) is 5.75 Å². The molecule has 2 aromatic rings. The van der Waals surface area contributed by atoms with Crippen LogP contribution < -0.4 is 4.74 Å². The Morgan fingerprint density at radius 2 is 2.00 bits per heavy atom. The van der Waals surface area contributed by atoms with Crippen LogP contribution in [0.25, 0.3) is 0 Å². The molecule has 112 valence electrons. The van der Waals surface area contributed by atoms with E-state index in [2.05, 4.69) is 40.2 Å². The number of methoxy groups -OCH3 is 1. The van der Waals surface area contributed by atoms with Crippen LogP contribution in [0.15, 0.2) is 42.2 Å². The fourth-order valence-corrected chi connectivity index (χ4v) is 2.09. The Morgan fingerprint density at radius 3 is 2.52 bits per heavy atom. The molecule has 0 amide bonds. The van der Waals surface area contributed by atoms with Gasteiger partial charge in [-0.3, -0.25) is 0 Å². The van der Waals surface area contributed by atoms with Crippen LogP contribution in [0.4, 0.5) is 0 Å². The highest BCUT2D eigenvalue weighted by atomic mass is 16.5. The van der Waals surface area contributed by atoms with E-state index in [-0.39, 0.29) is 0 Å². The Labute approximate surface area is 125 Å². The third kappa shape index (κ3) is 4.08. The SMILES string of the molecule is C/C=C(/C)N(Cc1ccc(OC)cc1)Cc1cnn(C)n1. The highest BCUT2D eigenvalue weighted by Gasteiger charge is 2.10. The third-order valence-electron chi connectivity index (χ3n) is 3.45. The molecule has 0 aliphatic carbocycles. The number of hydrogen-bond donors (Lipinski definition) is 0. The summed E-state index contributed by atoms with van der Waals surface area (Å²) < 4.78 is 5.20. The molecule has 1 aromatic carbocycles. The van der Waals surface area contributed by atoms with Crippen molar-refractivity contribution in [3.63, 3.8) is 0 Å². The van der Waals surface area contributed by atoms with Crippen LogP contribution >= 0.6 is 0 Å². The van der Waals surface area contributed by atoms with Gasteiger partial charge in [0.05, 0.1) is 19.9 Å². The van der Waals surface area contributed by atoms with Gasteiger partial charge < -0.3 is 9.64 Å². The molecule has 0 saturated carbocycles. The predicted molar refractivity (Wildman–Crippen MR) is 82.7 cm³/mol. The Bertz CT molecular complexity index is 601. The van der Waals surface area contributed by atoms with Gasteiger partial charge in [-0.25, -0.2) is 0 Å². The first kappa shape index (κ1) is 15.1. The molecule has 21 heavy (non-hydrogen) atoms. The van der Waals surface area contributed by atoms with Crippen LogP contribution in [0, 0.1) is 0 Å². The average Bonchev–Trinajstić information content (AvgIpc) is 2.91. The molecule has 0 spiro atoms. The maximum absolute atomic E-state index is 5.20. The second-order valence-corrected chi connectivity index (χ2v) is 4.96. The molecule has 0 unspecified atom stereocenters. The van der Waals surface area contributed by atoms with Crippen LogP contribution in [0.1, 0.15) is 25.1 Å². The zero-order valence-electron chi connectivity index (χ0n) is 13.1. The molecule has 0 radical (unpaired) electrons. The van der Waals surface area contributed by atoms with Crippen molar-refractivity contribution in [2.24, 2.45) is 7.05 Å². The number of hydrogen-bond acceptors (Lipinski definition) is 4. The molecule has 0 saturated heterocycles. The van der Waals surface area contributed by atoms with Gasteiger partial charge in [0, 0.05) is 19.3 Å². The van der Waals surface area contributed by atoms with E-state index in [0.717, 1.165) is 24.5 Å². The van der Waals surface area contributed by atoms with E-state index in [1.165, 1.54) is 11.3 Å². The maximum atomic E-state index is 5.20. The number of ether oxygens (including phenoxy) is 1. The van der Waals surface area contributed by atoms with E-state index in [0.29, 0.717) is 0 Å². The van der Waals surface area contributed by atoms with Crippen molar-refractivity contribution in [2.75, 3.05) is 7.11 Å². The van der Waals surface area contributed by atoms with Crippen molar-refractivity contribution in [1.82, 2.24) is 19.9 Å². The molecule has 0 aliphatic heterocycles. The van der Waals surface area contributed by atoms with E-state index in [1.54, 1.807) is 11.9 Å². The largest absolute Gasteiger partial charge is 0.497 e. The highest BCUT2D eigenvalue weighted by Crippen LogP contribution is 2.17. The summed E-state index contributed by atoms with van der Waals surface area (Å²) >= 11 is 0. The summed E-state index contributed by atoms with van der Waals surface area (Å²) in [5.41, 5.74) is 3.42. The first-order chi connectivity index (χ1) is 10.1. The van der Waals surface area contributed by atoms with Crippen molar-refractivity contribution >= 4 is 0 Å². The quantitative estimate of drug-likeness (QED) is 0.819. The Hall–Kier alpha value is -2.30. The molecule has 0 aliphatic rings. The van der Waals surface area contributed by atoms with Crippen molar-refractivity contribution in [1.29, 1.82) is 0 Å². The molecule has 1 aromatic heterocycles. The van der Waals surface area contributed by atoms with E-state index < -0.39 is 0 Å². The average molecular weight is 286 g/mol. The monoisotopic (exact) mass is 286 g/mol. The van der Waals surface area contributed by atoms with Gasteiger partial charge in [0.25, 0.3) is 0 Å². The lowest BCUT2D eigenvalue weighted by Crippen LogP contribution is -2.21. The van der Waals surface area contributed by atoms with Crippen molar-refractivity contribution in [2.45, 2.75) is 26.9 Å². The molecular formula is C16H22N4O. The van der Waals surface area contributed by atoms with Crippen LogP contribution in [0.3, 0.4) is 0 Å². The van der Waals surface area contributed by atoms with Gasteiger partial charge in [0.1, 0.15) is 11.4 Å². The second kappa shape index (κ2) is 6.92. The zero-order valence-corrected chi connectivity index (χ0v) is 13.1. The predicted octanol–water partition coefficient (Wildman–Crippen LogP) is 2.75. The van der Waals surface area contributed by atoms with E-state index in [1.807, 2.05) is 32.3 Å². The summed E-state index contributed by atoms with van der Waals surface area (Å²) in [6.45, 7) is 5.74. The smallest absolute Gasteiger partial charge is 0.118 e. The standard InChI is InChI=1S/C16H22N4O/c1-5-13(2)20(12-15-10-17-19(3)18-15)11-14-6-8-16(21-4)9-7-14/h5-10H,11-12H2,1-4H3/b13-5-. The lowest BCUT2D eigenvalue weighted by molar-refractivity contribution is 0.323. The van der Waals surface area contributed by atoms with Gasteiger partial charge in [-0.15, -0.1) is 0 Å². The summed E-state index contributed by atoms with van der Waals surface area (Å²) in [6.07, 6.45) is 3.92. The minimum absolute atomic E-state index is 0.746. The normalized spacial score (nSPS) is 11.5. The zero-order chi connectivity index (χ0) is 15.2. The van der Waals surface area contributed by atoms with Gasteiger partial charge in [-0.05, 0) is 31.5 Å². The van der Waals surface area contributed by atoms with Gasteiger partial charge in [0.2, 0.25) is 0 Å². The minimum Gasteiger partial charge on any atom is -0.497 e. The molecule has 0 atom stereocenters. The maximum Gasteiger partial charge on any atom is 0.118 e. The Kier molecular flexibility index (Phi) is 4.98. The van der Waals surface area contributed by atoms with E-state index in [9.17, 15) is 0 Å². The molecule has 5 heteroatoms. The summed E-state index contributed by atoms with van der Waals surface area (Å²) in [4.78, 5) is 3.87. The van der Waals surface area contributed by atoms with Gasteiger partial charge >= 0.3 is 0 Å².